The van der Waals surface area contributed by atoms with Crippen molar-refractivity contribution < 1.29 is 39.5 Å². The molecule has 9 nitrogen and oxygen atoms in total. The molecule has 1 aromatic carbocycles. The molecule has 5 N–H and O–H groups in total. The first-order valence-electron chi connectivity index (χ1n) is 9.67. The molecule has 1 aliphatic rings. The molecule has 162 valence electrons. The van der Waals surface area contributed by atoms with E-state index in [9.17, 15) is 30.0 Å². The highest BCUT2D eigenvalue weighted by molar-refractivity contribution is 5.84. The molecule has 1 saturated heterocycles. The number of nitrogens with one attached hydrogen (secondary N) is 1. The van der Waals surface area contributed by atoms with Crippen LogP contribution >= 0.6 is 0 Å². The lowest BCUT2D eigenvalue weighted by Gasteiger charge is -2.40. The maximum atomic E-state index is 12.4. The van der Waals surface area contributed by atoms with Crippen LogP contribution in [0.15, 0.2) is 30.3 Å². The molecule has 0 bridgehead atoms. The second-order valence-electron chi connectivity index (χ2n) is 6.97. The summed E-state index contributed by atoms with van der Waals surface area (Å²) in [4.78, 5) is 24.6. The molecular weight excluding hydrogens is 382 g/mol. The first-order chi connectivity index (χ1) is 13.9. The monoisotopic (exact) mass is 411 g/mol. The summed E-state index contributed by atoms with van der Waals surface area (Å²) in [5.41, 5.74) is 0.861. The van der Waals surface area contributed by atoms with Gasteiger partial charge < -0.3 is 35.2 Å². The highest BCUT2D eigenvalue weighted by Gasteiger charge is 2.43. The van der Waals surface area contributed by atoms with Crippen molar-refractivity contribution in [3.63, 3.8) is 0 Å². The van der Waals surface area contributed by atoms with Gasteiger partial charge in [-0.3, -0.25) is 4.79 Å². The Morgan fingerprint density at radius 2 is 1.76 bits per heavy atom. The van der Waals surface area contributed by atoms with Crippen LogP contribution in [0, 0.1) is 0 Å². The molecule has 0 radical (unpaired) electrons. The fourth-order valence-corrected chi connectivity index (χ4v) is 3.24. The van der Waals surface area contributed by atoms with Gasteiger partial charge in [0, 0.05) is 12.8 Å². The van der Waals surface area contributed by atoms with Crippen molar-refractivity contribution in [2.24, 2.45) is 0 Å². The van der Waals surface area contributed by atoms with Crippen molar-refractivity contribution in [3.05, 3.63) is 35.9 Å². The molecule has 29 heavy (non-hydrogen) atoms. The van der Waals surface area contributed by atoms with Crippen LogP contribution in [0.4, 0.5) is 0 Å². The number of esters is 1. The van der Waals surface area contributed by atoms with Gasteiger partial charge in [-0.05, 0) is 18.9 Å². The molecule has 0 unspecified atom stereocenters. The molecular formula is C20H29NO8. The number of benzene rings is 1. The van der Waals surface area contributed by atoms with E-state index in [0.29, 0.717) is 0 Å². The first kappa shape index (κ1) is 23.2. The number of ether oxygens (including phenoxy) is 2. The van der Waals surface area contributed by atoms with Crippen LogP contribution in [0.25, 0.3) is 0 Å². The van der Waals surface area contributed by atoms with Gasteiger partial charge in [-0.1, -0.05) is 30.3 Å². The first-order valence-corrected chi connectivity index (χ1v) is 9.67. The van der Waals surface area contributed by atoms with Crippen molar-refractivity contribution in [1.82, 2.24) is 5.32 Å². The van der Waals surface area contributed by atoms with Crippen LogP contribution in [0.3, 0.4) is 0 Å². The Morgan fingerprint density at radius 3 is 2.38 bits per heavy atom. The van der Waals surface area contributed by atoms with Gasteiger partial charge in [0.05, 0.1) is 19.3 Å². The van der Waals surface area contributed by atoms with Crippen LogP contribution in [0.2, 0.25) is 0 Å². The smallest absolute Gasteiger partial charge is 0.328 e. The van der Waals surface area contributed by atoms with Crippen LogP contribution in [-0.4, -0.2) is 82.1 Å². The van der Waals surface area contributed by atoms with Crippen molar-refractivity contribution in [2.75, 3.05) is 13.2 Å². The molecule has 1 aromatic rings. The second-order valence-corrected chi connectivity index (χ2v) is 6.97. The number of aliphatic hydroxyl groups excluding tert-OH is 4. The Labute approximate surface area is 169 Å². The van der Waals surface area contributed by atoms with Crippen molar-refractivity contribution in [3.8, 4) is 0 Å². The Kier molecular flexibility index (Phi) is 8.99. The van der Waals surface area contributed by atoms with Crippen molar-refractivity contribution in [1.29, 1.82) is 0 Å². The SMILES string of the molecule is CCOC(=O)[C@H](Cc1ccccc1)NC(=O)CC[C@H]1O[C@H](CO)[C@@H](O)[C@H](O)[C@@H]1O. The second kappa shape index (κ2) is 11.2. The molecule has 0 aliphatic carbocycles. The van der Waals surface area contributed by atoms with Crippen LogP contribution < -0.4 is 5.32 Å². The number of carbonyl (C=O) groups is 2. The molecule has 1 heterocycles. The average molecular weight is 411 g/mol. The molecule has 0 spiro atoms. The summed E-state index contributed by atoms with van der Waals surface area (Å²) < 4.78 is 10.4. The van der Waals surface area contributed by atoms with Crippen LogP contribution in [0.5, 0.6) is 0 Å². The van der Waals surface area contributed by atoms with Gasteiger partial charge in [-0.15, -0.1) is 0 Å². The van der Waals surface area contributed by atoms with E-state index in [2.05, 4.69) is 5.32 Å². The Hall–Kier alpha value is -2.04. The summed E-state index contributed by atoms with van der Waals surface area (Å²) >= 11 is 0. The number of aliphatic hydroxyl groups is 4. The van der Waals surface area contributed by atoms with Gasteiger partial charge in [-0.25, -0.2) is 4.79 Å². The molecule has 6 atom stereocenters. The largest absolute Gasteiger partial charge is 0.464 e. The van der Waals surface area contributed by atoms with E-state index in [1.165, 1.54) is 0 Å². The molecule has 2 rings (SSSR count). The summed E-state index contributed by atoms with van der Waals surface area (Å²) in [6, 6.07) is 8.33. The van der Waals surface area contributed by atoms with Gasteiger partial charge in [-0.2, -0.15) is 0 Å². The molecule has 1 fully saturated rings. The zero-order valence-electron chi connectivity index (χ0n) is 16.3. The van der Waals surface area contributed by atoms with Gasteiger partial charge in [0.25, 0.3) is 0 Å². The molecule has 0 saturated carbocycles. The van der Waals surface area contributed by atoms with Crippen molar-refractivity contribution >= 4 is 11.9 Å². The lowest BCUT2D eigenvalue weighted by Crippen LogP contribution is -2.58. The summed E-state index contributed by atoms with van der Waals surface area (Å²) in [5.74, 6) is -0.992. The number of carbonyl (C=O) groups excluding carboxylic acids is 2. The fraction of sp³-hybridized carbons (Fsp3) is 0.600. The number of hydrogen-bond acceptors (Lipinski definition) is 8. The van der Waals surface area contributed by atoms with E-state index in [4.69, 9.17) is 9.47 Å². The van der Waals surface area contributed by atoms with E-state index >= 15 is 0 Å². The summed E-state index contributed by atoms with van der Waals surface area (Å²) in [5, 5.41) is 41.5. The van der Waals surface area contributed by atoms with Gasteiger partial charge in [0.2, 0.25) is 5.91 Å². The third kappa shape index (κ3) is 6.48. The Morgan fingerprint density at radius 1 is 1.10 bits per heavy atom. The summed E-state index contributed by atoms with van der Waals surface area (Å²) in [7, 11) is 0. The lowest BCUT2D eigenvalue weighted by atomic mass is 9.93. The highest BCUT2D eigenvalue weighted by atomic mass is 16.5. The van der Waals surface area contributed by atoms with E-state index in [-0.39, 0.29) is 25.9 Å². The third-order valence-electron chi connectivity index (χ3n) is 4.84. The highest BCUT2D eigenvalue weighted by Crippen LogP contribution is 2.24. The molecule has 9 heteroatoms. The lowest BCUT2D eigenvalue weighted by molar-refractivity contribution is -0.230. The molecule has 1 aliphatic heterocycles. The molecule has 0 aromatic heterocycles. The number of rotatable bonds is 9. The molecule has 1 amide bonds. The number of hydrogen-bond donors (Lipinski definition) is 5. The van der Waals surface area contributed by atoms with Gasteiger partial charge in [0.1, 0.15) is 30.5 Å². The van der Waals surface area contributed by atoms with E-state index in [1.54, 1.807) is 6.92 Å². The predicted octanol–water partition coefficient (Wildman–Crippen LogP) is -1.10. The van der Waals surface area contributed by atoms with E-state index < -0.39 is 55.0 Å². The van der Waals surface area contributed by atoms with Crippen LogP contribution in [0.1, 0.15) is 25.3 Å². The topological polar surface area (TPSA) is 146 Å². The van der Waals surface area contributed by atoms with Gasteiger partial charge >= 0.3 is 5.97 Å². The predicted molar refractivity (Wildman–Crippen MR) is 102 cm³/mol. The summed E-state index contributed by atoms with van der Waals surface area (Å²) in [6.07, 6.45) is -6.07. The quantitative estimate of drug-likeness (QED) is 0.322. The van der Waals surface area contributed by atoms with E-state index in [0.717, 1.165) is 5.56 Å². The fourth-order valence-electron chi connectivity index (χ4n) is 3.24. The maximum absolute atomic E-state index is 12.4. The normalized spacial score (nSPS) is 27.8. The van der Waals surface area contributed by atoms with E-state index in [1.807, 2.05) is 30.3 Å². The Bertz CT molecular complexity index is 653. The third-order valence-corrected chi connectivity index (χ3v) is 4.84. The number of amides is 1. The zero-order valence-corrected chi connectivity index (χ0v) is 16.3. The van der Waals surface area contributed by atoms with Crippen LogP contribution in [-0.2, 0) is 25.5 Å². The van der Waals surface area contributed by atoms with Gasteiger partial charge in [0.15, 0.2) is 0 Å². The standard InChI is InChI=1S/C20H29NO8/c1-2-28-20(27)13(10-12-6-4-3-5-7-12)21-16(23)9-8-14-17(24)19(26)18(25)15(11-22)29-14/h3-7,13-15,17-19,22,24-26H,2,8-11H2,1H3,(H,21,23)/t13-,14+,15+,17+,18+,19+/m0/s1. The minimum atomic E-state index is -1.49. The minimum absolute atomic E-state index is 0.0359. The minimum Gasteiger partial charge on any atom is -0.464 e. The summed E-state index contributed by atoms with van der Waals surface area (Å²) in [6.45, 7) is 1.33. The van der Waals surface area contributed by atoms with Crippen molar-refractivity contribution in [2.45, 2.75) is 62.7 Å². The maximum Gasteiger partial charge on any atom is 0.328 e. The Balaban J connectivity index is 1.94. The average Bonchev–Trinajstić information content (AvgIpc) is 2.72. The zero-order chi connectivity index (χ0) is 21.4.